The van der Waals surface area contributed by atoms with Crippen LogP contribution in [0.3, 0.4) is 0 Å². The normalized spacial score (nSPS) is 8.11. The number of carbonyl (C=O) groups excluding carboxylic acids is 1. The van der Waals surface area contributed by atoms with E-state index in [1.807, 2.05) is 13.8 Å². The largest absolute Gasteiger partial charge is 0.303 e. The summed E-state index contributed by atoms with van der Waals surface area (Å²) in [5.74, 6) is 0.671. The monoisotopic (exact) mass is 130 g/mol. The Morgan fingerprint density at radius 3 is 1.89 bits per heavy atom. The predicted octanol–water partition coefficient (Wildman–Crippen LogP) is 2.65. The summed E-state index contributed by atoms with van der Waals surface area (Å²) in [7, 11) is 0. The molecule has 1 heteroatoms. The zero-order valence-corrected chi connectivity index (χ0v) is 6.98. The first kappa shape index (κ1) is 11.5. The van der Waals surface area contributed by atoms with Gasteiger partial charge in [-0.3, -0.25) is 0 Å². The lowest BCUT2D eigenvalue weighted by molar-refractivity contribution is -0.108. The molecule has 0 unspecified atom stereocenters. The second kappa shape index (κ2) is 10.6. The number of hydrogen-bond donors (Lipinski definition) is 0. The molecule has 0 N–H and O–H groups in total. The molecule has 1 nitrogen and oxygen atoms in total. The third-order valence-corrected chi connectivity index (χ3v) is 0.862. The van der Waals surface area contributed by atoms with Crippen molar-refractivity contribution in [2.75, 3.05) is 0 Å². The average Bonchev–Trinajstić information content (AvgIpc) is 1.88. The van der Waals surface area contributed by atoms with E-state index in [1.165, 1.54) is 0 Å². The average molecular weight is 130 g/mol. The molecule has 0 spiro atoms. The predicted molar refractivity (Wildman–Crippen MR) is 41.5 cm³/mol. The number of hydrogen-bond acceptors (Lipinski definition) is 1. The van der Waals surface area contributed by atoms with Crippen LogP contribution >= 0.6 is 0 Å². The van der Waals surface area contributed by atoms with Crippen molar-refractivity contribution in [1.82, 2.24) is 0 Å². The van der Waals surface area contributed by atoms with Crippen molar-refractivity contribution in [1.29, 1.82) is 0 Å². The molecule has 9 heavy (non-hydrogen) atoms. The first-order chi connectivity index (χ1) is 4.27. The first-order valence-corrected chi connectivity index (χ1v) is 3.71. The van der Waals surface area contributed by atoms with Crippen LogP contribution < -0.4 is 0 Å². The molecule has 0 aliphatic rings. The van der Waals surface area contributed by atoms with Gasteiger partial charge in [-0.15, -0.1) is 0 Å². The Balaban J connectivity index is 0. The van der Waals surface area contributed by atoms with E-state index in [0.717, 1.165) is 19.1 Å². The molecule has 0 fully saturated rings. The second-order valence-electron chi connectivity index (χ2n) is 2.14. The summed E-state index contributed by atoms with van der Waals surface area (Å²) in [6, 6.07) is 0. The summed E-state index contributed by atoms with van der Waals surface area (Å²) in [5.41, 5.74) is 0. The van der Waals surface area contributed by atoms with E-state index in [-0.39, 0.29) is 0 Å². The molecule has 0 aliphatic carbocycles. The number of carbonyl (C=O) groups is 1. The van der Waals surface area contributed by atoms with Gasteiger partial charge >= 0.3 is 0 Å². The van der Waals surface area contributed by atoms with Crippen LogP contribution in [-0.2, 0) is 4.79 Å². The van der Waals surface area contributed by atoms with E-state index >= 15 is 0 Å². The van der Waals surface area contributed by atoms with E-state index in [2.05, 4.69) is 13.8 Å². The third kappa shape index (κ3) is 18.3. The van der Waals surface area contributed by atoms with Gasteiger partial charge in [0.05, 0.1) is 0 Å². The van der Waals surface area contributed by atoms with Gasteiger partial charge in [-0.25, -0.2) is 0 Å². The molecule has 56 valence electrons. The minimum absolute atomic E-state index is 0.671. The van der Waals surface area contributed by atoms with Crippen LogP contribution in [0.1, 0.15) is 40.5 Å². The van der Waals surface area contributed by atoms with Crippen LogP contribution in [0.25, 0.3) is 0 Å². The number of rotatable bonds is 3. The van der Waals surface area contributed by atoms with Crippen LogP contribution in [0.15, 0.2) is 0 Å². The smallest absolute Gasteiger partial charge is 0.120 e. The standard InChI is InChI=1S/C6H12O.C2H6/c1-6(2)4-3-5-7;1-2/h5-6H,3-4H2,1-2H3;1-2H3. The van der Waals surface area contributed by atoms with Crippen molar-refractivity contribution >= 4 is 6.29 Å². The fraction of sp³-hybridized carbons (Fsp3) is 0.875. The minimum Gasteiger partial charge on any atom is -0.303 e. The zero-order chi connectivity index (χ0) is 7.70. The second-order valence-corrected chi connectivity index (χ2v) is 2.14. The highest BCUT2D eigenvalue weighted by molar-refractivity contribution is 5.48. The summed E-state index contributed by atoms with van der Waals surface area (Å²) in [4.78, 5) is 9.71. The van der Waals surface area contributed by atoms with E-state index in [0.29, 0.717) is 5.92 Å². The molecule has 0 aromatic rings. The third-order valence-electron chi connectivity index (χ3n) is 0.862. The Morgan fingerprint density at radius 1 is 1.33 bits per heavy atom. The maximum Gasteiger partial charge on any atom is 0.120 e. The van der Waals surface area contributed by atoms with Gasteiger partial charge < -0.3 is 4.79 Å². The highest BCUT2D eigenvalue weighted by atomic mass is 16.1. The first-order valence-electron chi connectivity index (χ1n) is 3.71. The van der Waals surface area contributed by atoms with Gasteiger partial charge in [-0.1, -0.05) is 27.7 Å². The van der Waals surface area contributed by atoms with Crippen LogP contribution in [-0.4, -0.2) is 6.29 Å². The summed E-state index contributed by atoms with van der Waals surface area (Å²) >= 11 is 0. The molecule has 0 amide bonds. The SMILES string of the molecule is CC.CC(C)CCC=O. The van der Waals surface area contributed by atoms with Crippen molar-refractivity contribution in [3.8, 4) is 0 Å². The lowest BCUT2D eigenvalue weighted by Gasteiger charge is -1.95. The van der Waals surface area contributed by atoms with E-state index in [1.54, 1.807) is 0 Å². The van der Waals surface area contributed by atoms with Gasteiger partial charge in [-0.05, 0) is 12.3 Å². The maximum absolute atomic E-state index is 9.71. The summed E-state index contributed by atoms with van der Waals surface area (Å²) in [5, 5.41) is 0. The molecule has 0 atom stereocenters. The lowest BCUT2D eigenvalue weighted by atomic mass is 10.1. The molecule has 0 aromatic heterocycles. The van der Waals surface area contributed by atoms with Crippen molar-refractivity contribution in [2.24, 2.45) is 5.92 Å². The molecular formula is C8H18O. The van der Waals surface area contributed by atoms with Crippen LogP contribution in [0.4, 0.5) is 0 Å². The van der Waals surface area contributed by atoms with Gasteiger partial charge in [-0.2, -0.15) is 0 Å². The molecule has 0 rings (SSSR count). The van der Waals surface area contributed by atoms with Crippen LogP contribution in [0.2, 0.25) is 0 Å². The highest BCUT2D eigenvalue weighted by Crippen LogP contribution is 1.99. The Labute approximate surface area is 58.5 Å². The van der Waals surface area contributed by atoms with Crippen molar-refractivity contribution in [3.05, 3.63) is 0 Å². The van der Waals surface area contributed by atoms with Gasteiger partial charge in [0, 0.05) is 6.42 Å². The molecule has 0 bridgehead atoms. The lowest BCUT2D eigenvalue weighted by Crippen LogP contribution is -1.85. The summed E-state index contributed by atoms with van der Waals surface area (Å²) < 4.78 is 0. The zero-order valence-electron chi connectivity index (χ0n) is 6.98. The maximum atomic E-state index is 9.71. The molecule has 0 heterocycles. The van der Waals surface area contributed by atoms with Crippen molar-refractivity contribution in [3.63, 3.8) is 0 Å². The van der Waals surface area contributed by atoms with E-state index in [4.69, 9.17) is 0 Å². The molecule has 0 saturated heterocycles. The van der Waals surface area contributed by atoms with Crippen molar-refractivity contribution in [2.45, 2.75) is 40.5 Å². The van der Waals surface area contributed by atoms with Crippen LogP contribution in [0.5, 0.6) is 0 Å². The Kier molecular flexibility index (Phi) is 13.5. The van der Waals surface area contributed by atoms with Crippen LogP contribution in [0, 0.1) is 5.92 Å². The van der Waals surface area contributed by atoms with E-state index in [9.17, 15) is 4.79 Å². The topological polar surface area (TPSA) is 17.1 Å². The Morgan fingerprint density at radius 2 is 1.78 bits per heavy atom. The highest BCUT2D eigenvalue weighted by Gasteiger charge is 1.88. The van der Waals surface area contributed by atoms with Gasteiger partial charge in [0.2, 0.25) is 0 Å². The van der Waals surface area contributed by atoms with Gasteiger partial charge in [0.1, 0.15) is 6.29 Å². The number of aldehydes is 1. The molecule has 0 aromatic carbocycles. The van der Waals surface area contributed by atoms with Gasteiger partial charge in [0.15, 0.2) is 0 Å². The van der Waals surface area contributed by atoms with Gasteiger partial charge in [0.25, 0.3) is 0 Å². The molecule has 0 radical (unpaired) electrons. The Bertz CT molecular complexity index is 48.5. The fourth-order valence-corrected chi connectivity index (χ4v) is 0.401. The Hall–Kier alpha value is -0.330. The van der Waals surface area contributed by atoms with E-state index < -0.39 is 0 Å². The fourth-order valence-electron chi connectivity index (χ4n) is 0.401. The van der Waals surface area contributed by atoms with Crippen molar-refractivity contribution < 1.29 is 4.79 Å². The minimum atomic E-state index is 0.671. The molecule has 0 aliphatic heterocycles. The quantitative estimate of drug-likeness (QED) is 0.537. The molecular weight excluding hydrogens is 112 g/mol. The molecule has 0 saturated carbocycles. The summed E-state index contributed by atoms with van der Waals surface area (Å²) in [6.07, 6.45) is 2.72. The summed E-state index contributed by atoms with van der Waals surface area (Å²) in [6.45, 7) is 8.23.